The van der Waals surface area contributed by atoms with Crippen LogP contribution in [0.25, 0.3) is 11.4 Å². The molecule has 7 nitrogen and oxygen atoms in total. The summed E-state index contributed by atoms with van der Waals surface area (Å²) in [6.45, 7) is 3.60. The molecule has 1 aromatic carbocycles. The molecule has 30 heavy (non-hydrogen) atoms. The number of aromatic amines is 1. The monoisotopic (exact) mass is 404 g/mol. The van der Waals surface area contributed by atoms with Gasteiger partial charge < -0.3 is 16.0 Å². The molecule has 3 heterocycles. The quantitative estimate of drug-likeness (QED) is 0.536. The van der Waals surface area contributed by atoms with Crippen LogP contribution in [-0.2, 0) is 17.8 Å². The molecule has 3 aromatic rings. The SMILES string of the molecule is NC(=O)C1CCN(CCc2ccc(NCc3cc(-c4ccccn4)n[nH]3)cc2)CC1. The lowest BCUT2D eigenvalue weighted by atomic mass is 9.96. The summed E-state index contributed by atoms with van der Waals surface area (Å²) in [5.74, 6) is -0.0951. The van der Waals surface area contributed by atoms with Gasteiger partial charge in [-0.2, -0.15) is 5.10 Å². The van der Waals surface area contributed by atoms with Gasteiger partial charge in [-0.05, 0) is 68.2 Å². The van der Waals surface area contributed by atoms with Gasteiger partial charge in [0.05, 0.1) is 17.9 Å². The van der Waals surface area contributed by atoms with Crippen LogP contribution in [-0.4, -0.2) is 45.6 Å². The number of primary amides is 1. The number of piperidine rings is 1. The fourth-order valence-electron chi connectivity index (χ4n) is 3.81. The average molecular weight is 405 g/mol. The van der Waals surface area contributed by atoms with Gasteiger partial charge in [0, 0.05) is 24.3 Å². The zero-order valence-electron chi connectivity index (χ0n) is 17.1. The van der Waals surface area contributed by atoms with E-state index in [1.165, 1.54) is 5.56 Å². The zero-order valence-corrected chi connectivity index (χ0v) is 17.1. The molecule has 0 atom stereocenters. The molecule has 156 valence electrons. The van der Waals surface area contributed by atoms with Crippen LogP contribution in [0.3, 0.4) is 0 Å². The Balaban J connectivity index is 1.22. The average Bonchev–Trinajstić information content (AvgIpc) is 3.27. The Hall–Kier alpha value is -3.19. The molecule has 1 saturated heterocycles. The van der Waals surface area contributed by atoms with Crippen LogP contribution in [0.4, 0.5) is 5.69 Å². The number of nitrogens with zero attached hydrogens (tertiary/aromatic N) is 3. The number of H-pyrrole nitrogens is 1. The van der Waals surface area contributed by atoms with E-state index in [1.54, 1.807) is 6.20 Å². The summed E-state index contributed by atoms with van der Waals surface area (Å²) in [6, 6.07) is 16.4. The second-order valence-corrected chi connectivity index (χ2v) is 7.81. The van der Waals surface area contributed by atoms with Gasteiger partial charge in [0.1, 0.15) is 5.69 Å². The summed E-state index contributed by atoms with van der Waals surface area (Å²) in [6.07, 6.45) is 4.55. The lowest BCUT2D eigenvalue weighted by molar-refractivity contribution is -0.123. The van der Waals surface area contributed by atoms with Crippen molar-refractivity contribution < 1.29 is 4.79 Å². The Bertz CT molecular complexity index is 945. The van der Waals surface area contributed by atoms with Crippen LogP contribution < -0.4 is 11.1 Å². The number of carbonyl (C=O) groups excluding carboxylic acids is 1. The van der Waals surface area contributed by atoms with Crippen molar-refractivity contribution >= 4 is 11.6 Å². The first-order chi connectivity index (χ1) is 14.7. The van der Waals surface area contributed by atoms with E-state index in [2.05, 4.69) is 49.7 Å². The first kappa shape index (κ1) is 20.1. The fourth-order valence-corrected chi connectivity index (χ4v) is 3.81. The number of carbonyl (C=O) groups is 1. The van der Waals surface area contributed by atoms with Gasteiger partial charge in [-0.15, -0.1) is 0 Å². The number of rotatable bonds is 8. The summed E-state index contributed by atoms with van der Waals surface area (Å²) in [4.78, 5) is 18.0. The Labute approximate surface area is 176 Å². The number of hydrogen-bond acceptors (Lipinski definition) is 5. The van der Waals surface area contributed by atoms with E-state index in [9.17, 15) is 4.79 Å². The zero-order chi connectivity index (χ0) is 20.8. The van der Waals surface area contributed by atoms with Crippen molar-refractivity contribution in [3.63, 3.8) is 0 Å². The molecule has 2 aromatic heterocycles. The summed E-state index contributed by atoms with van der Waals surface area (Å²) in [5.41, 5.74) is 10.5. The molecule has 0 saturated carbocycles. The molecular formula is C23H28N6O. The lowest BCUT2D eigenvalue weighted by Crippen LogP contribution is -2.39. The third kappa shape index (κ3) is 5.24. The Kier molecular flexibility index (Phi) is 6.39. The molecule has 4 N–H and O–H groups in total. The molecule has 7 heteroatoms. The van der Waals surface area contributed by atoms with Crippen molar-refractivity contribution in [1.29, 1.82) is 0 Å². The highest BCUT2D eigenvalue weighted by Gasteiger charge is 2.22. The minimum Gasteiger partial charge on any atom is -0.379 e. The number of aromatic nitrogens is 3. The number of amides is 1. The third-order valence-electron chi connectivity index (χ3n) is 5.70. The highest BCUT2D eigenvalue weighted by molar-refractivity contribution is 5.76. The van der Waals surface area contributed by atoms with Crippen LogP contribution in [0, 0.1) is 5.92 Å². The second kappa shape index (κ2) is 9.54. The van der Waals surface area contributed by atoms with Gasteiger partial charge >= 0.3 is 0 Å². The molecule has 1 amide bonds. The van der Waals surface area contributed by atoms with Crippen molar-refractivity contribution in [1.82, 2.24) is 20.1 Å². The molecule has 0 spiro atoms. The molecular weight excluding hydrogens is 376 g/mol. The number of nitrogens with one attached hydrogen (secondary N) is 2. The number of likely N-dealkylation sites (tertiary alicyclic amines) is 1. The second-order valence-electron chi connectivity index (χ2n) is 7.81. The highest BCUT2D eigenvalue weighted by atomic mass is 16.1. The molecule has 1 aliphatic heterocycles. The largest absolute Gasteiger partial charge is 0.379 e. The number of pyridine rings is 1. The van der Waals surface area contributed by atoms with Gasteiger partial charge in [-0.1, -0.05) is 18.2 Å². The number of nitrogens with two attached hydrogens (primary N) is 1. The summed E-state index contributed by atoms with van der Waals surface area (Å²) in [5, 5.41) is 10.8. The number of benzene rings is 1. The van der Waals surface area contributed by atoms with E-state index >= 15 is 0 Å². The Morgan fingerprint density at radius 3 is 2.63 bits per heavy atom. The Morgan fingerprint density at radius 1 is 1.13 bits per heavy atom. The molecule has 0 unspecified atom stereocenters. The van der Waals surface area contributed by atoms with Crippen LogP contribution in [0.1, 0.15) is 24.1 Å². The lowest BCUT2D eigenvalue weighted by Gasteiger charge is -2.30. The van der Waals surface area contributed by atoms with Gasteiger partial charge in [0.2, 0.25) is 5.91 Å². The predicted octanol–water partition coefficient (Wildman–Crippen LogP) is 2.82. The van der Waals surface area contributed by atoms with Gasteiger partial charge in [-0.3, -0.25) is 14.9 Å². The smallest absolute Gasteiger partial charge is 0.220 e. The highest BCUT2D eigenvalue weighted by Crippen LogP contribution is 2.18. The molecule has 0 aliphatic carbocycles. The van der Waals surface area contributed by atoms with Crippen molar-refractivity contribution in [3.8, 4) is 11.4 Å². The maximum atomic E-state index is 11.3. The van der Waals surface area contributed by atoms with Crippen LogP contribution in [0.2, 0.25) is 0 Å². The van der Waals surface area contributed by atoms with Crippen molar-refractivity contribution in [2.24, 2.45) is 11.7 Å². The molecule has 0 bridgehead atoms. The molecule has 4 rings (SSSR count). The van der Waals surface area contributed by atoms with E-state index in [0.29, 0.717) is 6.54 Å². The van der Waals surface area contributed by atoms with Gasteiger partial charge in [-0.25, -0.2) is 0 Å². The molecule has 1 fully saturated rings. The fraction of sp³-hybridized carbons (Fsp3) is 0.348. The minimum atomic E-state index is -0.152. The van der Waals surface area contributed by atoms with Crippen LogP contribution in [0.15, 0.2) is 54.7 Å². The summed E-state index contributed by atoms with van der Waals surface area (Å²) in [7, 11) is 0. The maximum absolute atomic E-state index is 11.3. The summed E-state index contributed by atoms with van der Waals surface area (Å²) < 4.78 is 0. The standard InChI is InChI=1S/C23H28N6O/c24-23(30)18-9-13-29(14-10-18)12-8-17-4-6-19(7-5-17)26-16-20-15-22(28-27-20)21-3-1-2-11-25-21/h1-7,11,15,18,26H,8-10,12-14,16H2,(H2,24,30)(H,27,28). The molecule has 1 aliphatic rings. The minimum absolute atomic E-state index is 0.0570. The van der Waals surface area contributed by atoms with Crippen molar-refractivity contribution in [2.75, 3.05) is 25.0 Å². The first-order valence-electron chi connectivity index (χ1n) is 10.5. The van der Waals surface area contributed by atoms with Crippen LogP contribution in [0.5, 0.6) is 0 Å². The van der Waals surface area contributed by atoms with Crippen molar-refractivity contribution in [2.45, 2.75) is 25.8 Å². The first-order valence-corrected chi connectivity index (χ1v) is 10.5. The maximum Gasteiger partial charge on any atom is 0.220 e. The number of hydrogen-bond donors (Lipinski definition) is 3. The van der Waals surface area contributed by atoms with Crippen molar-refractivity contribution in [3.05, 3.63) is 66.0 Å². The van der Waals surface area contributed by atoms with Crippen LogP contribution >= 0.6 is 0 Å². The third-order valence-corrected chi connectivity index (χ3v) is 5.70. The molecule has 0 radical (unpaired) electrons. The van der Waals surface area contributed by atoms with E-state index < -0.39 is 0 Å². The predicted molar refractivity (Wildman–Crippen MR) is 118 cm³/mol. The van der Waals surface area contributed by atoms with E-state index in [1.807, 2.05) is 24.3 Å². The van der Waals surface area contributed by atoms with E-state index in [-0.39, 0.29) is 11.8 Å². The number of anilines is 1. The summed E-state index contributed by atoms with van der Waals surface area (Å²) >= 11 is 0. The topological polar surface area (TPSA) is 99.9 Å². The van der Waals surface area contributed by atoms with Gasteiger partial charge in [0.25, 0.3) is 0 Å². The van der Waals surface area contributed by atoms with E-state index in [4.69, 9.17) is 5.73 Å². The van der Waals surface area contributed by atoms with E-state index in [0.717, 1.165) is 61.7 Å². The van der Waals surface area contributed by atoms with Gasteiger partial charge in [0.15, 0.2) is 0 Å². The normalized spacial score (nSPS) is 15.2. The Morgan fingerprint density at radius 2 is 1.93 bits per heavy atom.